The van der Waals surface area contributed by atoms with Crippen LogP contribution in [0, 0.1) is 5.92 Å². The fourth-order valence-corrected chi connectivity index (χ4v) is 2.65. The van der Waals surface area contributed by atoms with E-state index in [2.05, 4.69) is 26.1 Å². The number of nitrogens with zero attached hydrogens (tertiary/aromatic N) is 3. The highest BCUT2D eigenvalue weighted by atomic mass is 79.9. The molecule has 3 N–H and O–H groups in total. The number of aromatic nitrogens is 1. The first-order valence-corrected chi connectivity index (χ1v) is 7.05. The van der Waals surface area contributed by atoms with Crippen LogP contribution in [0.4, 0.5) is 5.82 Å². The van der Waals surface area contributed by atoms with Crippen molar-refractivity contribution in [3.05, 3.63) is 34.9 Å². The lowest BCUT2D eigenvalue weighted by atomic mass is 10.1. The third-order valence-electron chi connectivity index (χ3n) is 3.26. The van der Waals surface area contributed by atoms with Gasteiger partial charge in [0.2, 0.25) is 0 Å². The van der Waals surface area contributed by atoms with Gasteiger partial charge in [0.15, 0.2) is 0 Å². The maximum atomic E-state index is 8.72. The zero-order chi connectivity index (χ0) is 14.7. The second kappa shape index (κ2) is 6.09. The molecule has 0 fully saturated rings. The van der Waals surface area contributed by atoms with Crippen molar-refractivity contribution in [2.24, 2.45) is 16.8 Å². The van der Waals surface area contributed by atoms with Crippen molar-refractivity contribution in [1.29, 1.82) is 0 Å². The Morgan fingerprint density at radius 3 is 2.90 bits per heavy atom. The molecule has 20 heavy (non-hydrogen) atoms. The standard InChI is InChI=1S/C14H17BrN4O/c1-9(13(16)18-20)8-19(2)14-11-4-3-5-12(15)10(11)6-7-17-14/h3-7,9,20H,8H2,1-2H3,(H2,16,18). The highest BCUT2D eigenvalue weighted by molar-refractivity contribution is 9.10. The Morgan fingerprint density at radius 2 is 2.20 bits per heavy atom. The predicted molar refractivity (Wildman–Crippen MR) is 85.3 cm³/mol. The molecular formula is C14H17BrN4O. The van der Waals surface area contributed by atoms with Gasteiger partial charge < -0.3 is 15.8 Å². The van der Waals surface area contributed by atoms with Gasteiger partial charge >= 0.3 is 0 Å². The molecule has 2 rings (SSSR count). The molecule has 106 valence electrons. The number of hydrogen-bond donors (Lipinski definition) is 2. The van der Waals surface area contributed by atoms with E-state index in [-0.39, 0.29) is 11.8 Å². The Morgan fingerprint density at radius 1 is 1.45 bits per heavy atom. The van der Waals surface area contributed by atoms with E-state index in [1.807, 2.05) is 43.1 Å². The number of benzene rings is 1. The molecule has 0 aliphatic carbocycles. The largest absolute Gasteiger partial charge is 0.409 e. The molecule has 1 aromatic heterocycles. The van der Waals surface area contributed by atoms with Crippen molar-refractivity contribution >= 4 is 38.4 Å². The maximum Gasteiger partial charge on any atom is 0.143 e. The number of pyridine rings is 1. The van der Waals surface area contributed by atoms with Crippen molar-refractivity contribution in [2.45, 2.75) is 6.92 Å². The van der Waals surface area contributed by atoms with E-state index in [9.17, 15) is 0 Å². The first kappa shape index (κ1) is 14.6. The number of halogens is 1. The van der Waals surface area contributed by atoms with Crippen LogP contribution in [-0.2, 0) is 0 Å². The predicted octanol–water partition coefficient (Wildman–Crippen LogP) is 2.82. The number of amidine groups is 1. The summed E-state index contributed by atoms with van der Waals surface area (Å²) in [5.41, 5.74) is 5.63. The number of rotatable bonds is 4. The van der Waals surface area contributed by atoms with Gasteiger partial charge in [-0.1, -0.05) is 40.1 Å². The van der Waals surface area contributed by atoms with Gasteiger partial charge in [-0.05, 0) is 12.1 Å². The molecule has 1 heterocycles. The first-order chi connectivity index (χ1) is 9.54. The lowest BCUT2D eigenvalue weighted by Gasteiger charge is -2.23. The molecule has 5 nitrogen and oxygen atoms in total. The number of hydrogen-bond acceptors (Lipinski definition) is 4. The Labute approximate surface area is 126 Å². The summed E-state index contributed by atoms with van der Waals surface area (Å²) in [4.78, 5) is 6.46. The smallest absolute Gasteiger partial charge is 0.143 e. The van der Waals surface area contributed by atoms with Crippen LogP contribution in [0.1, 0.15) is 6.92 Å². The van der Waals surface area contributed by atoms with Gasteiger partial charge in [-0.25, -0.2) is 4.98 Å². The minimum absolute atomic E-state index is 0.0609. The minimum atomic E-state index is -0.0609. The lowest BCUT2D eigenvalue weighted by molar-refractivity contribution is 0.314. The van der Waals surface area contributed by atoms with E-state index in [1.54, 1.807) is 6.20 Å². The SMILES string of the molecule is CC(CN(C)c1nccc2c(Br)cccc12)/C(N)=N/O. The molecule has 1 aromatic carbocycles. The Kier molecular flexibility index (Phi) is 4.44. The first-order valence-electron chi connectivity index (χ1n) is 6.26. The van der Waals surface area contributed by atoms with Gasteiger partial charge in [-0.15, -0.1) is 0 Å². The Bertz CT molecular complexity index is 644. The van der Waals surface area contributed by atoms with Crippen LogP contribution in [0.25, 0.3) is 10.8 Å². The molecule has 0 bridgehead atoms. The summed E-state index contributed by atoms with van der Waals surface area (Å²) in [5.74, 6) is 1.04. The number of oxime groups is 1. The van der Waals surface area contributed by atoms with E-state index in [1.165, 1.54) is 0 Å². The molecule has 1 atom stereocenters. The summed E-state index contributed by atoms with van der Waals surface area (Å²) in [6, 6.07) is 8.00. The molecule has 1 unspecified atom stereocenters. The third-order valence-corrected chi connectivity index (χ3v) is 3.95. The molecule has 6 heteroatoms. The second-order valence-electron chi connectivity index (χ2n) is 4.78. The second-order valence-corrected chi connectivity index (χ2v) is 5.63. The summed E-state index contributed by atoms with van der Waals surface area (Å²) in [7, 11) is 1.95. The van der Waals surface area contributed by atoms with Crippen LogP contribution >= 0.6 is 15.9 Å². The van der Waals surface area contributed by atoms with E-state index in [4.69, 9.17) is 10.9 Å². The summed E-state index contributed by atoms with van der Waals surface area (Å²) >= 11 is 3.55. The van der Waals surface area contributed by atoms with E-state index in [0.717, 1.165) is 21.1 Å². The van der Waals surface area contributed by atoms with Gasteiger partial charge in [0.05, 0.1) is 0 Å². The van der Waals surface area contributed by atoms with Gasteiger partial charge in [-0.2, -0.15) is 0 Å². The van der Waals surface area contributed by atoms with Crippen LogP contribution in [-0.4, -0.2) is 29.6 Å². The summed E-state index contributed by atoms with van der Waals surface area (Å²) in [5, 5.41) is 13.9. The normalized spacial score (nSPS) is 13.4. The molecule has 0 spiro atoms. The fraction of sp³-hybridized carbons (Fsp3) is 0.286. The molecule has 0 saturated heterocycles. The quantitative estimate of drug-likeness (QED) is 0.389. The molecule has 0 radical (unpaired) electrons. The van der Waals surface area contributed by atoms with Crippen molar-refractivity contribution in [2.75, 3.05) is 18.5 Å². The van der Waals surface area contributed by atoms with Crippen molar-refractivity contribution < 1.29 is 5.21 Å². The minimum Gasteiger partial charge on any atom is -0.409 e. The van der Waals surface area contributed by atoms with Crippen LogP contribution in [0.5, 0.6) is 0 Å². The lowest BCUT2D eigenvalue weighted by Crippen LogP contribution is -2.33. The zero-order valence-electron chi connectivity index (χ0n) is 11.4. The Hall–Kier alpha value is -1.82. The van der Waals surface area contributed by atoms with Crippen LogP contribution in [0.3, 0.4) is 0 Å². The number of fused-ring (bicyclic) bond motifs is 1. The summed E-state index contributed by atoms with van der Waals surface area (Å²) in [6.07, 6.45) is 1.78. The molecule has 0 saturated carbocycles. The summed E-state index contributed by atoms with van der Waals surface area (Å²) < 4.78 is 1.04. The van der Waals surface area contributed by atoms with Gasteiger partial charge in [-0.3, -0.25) is 0 Å². The van der Waals surface area contributed by atoms with E-state index >= 15 is 0 Å². The number of anilines is 1. The summed E-state index contributed by atoms with van der Waals surface area (Å²) in [6.45, 7) is 2.53. The molecular weight excluding hydrogens is 320 g/mol. The highest BCUT2D eigenvalue weighted by Crippen LogP contribution is 2.29. The highest BCUT2D eigenvalue weighted by Gasteiger charge is 2.14. The van der Waals surface area contributed by atoms with Crippen LogP contribution in [0.15, 0.2) is 40.1 Å². The van der Waals surface area contributed by atoms with Crippen molar-refractivity contribution in [3.63, 3.8) is 0 Å². The van der Waals surface area contributed by atoms with Crippen LogP contribution in [0.2, 0.25) is 0 Å². The monoisotopic (exact) mass is 336 g/mol. The van der Waals surface area contributed by atoms with Gasteiger partial charge in [0, 0.05) is 41.0 Å². The van der Waals surface area contributed by atoms with Crippen molar-refractivity contribution in [3.8, 4) is 0 Å². The molecule has 0 aliphatic rings. The maximum absolute atomic E-state index is 8.72. The number of nitrogens with two attached hydrogens (primary N) is 1. The van der Waals surface area contributed by atoms with Crippen molar-refractivity contribution in [1.82, 2.24) is 4.98 Å². The van der Waals surface area contributed by atoms with Gasteiger partial charge in [0.25, 0.3) is 0 Å². The molecule has 2 aromatic rings. The van der Waals surface area contributed by atoms with Crippen LogP contribution < -0.4 is 10.6 Å². The molecule has 0 aliphatic heterocycles. The third kappa shape index (κ3) is 2.85. The van der Waals surface area contributed by atoms with E-state index < -0.39 is 0 Å². The molecule has 0 amide bonds. The fourth-order valence-electron chi connectivity index (χ4n) is 2.15. The average molecular weight is 337 g/mol. The van der Waals surface area contributed by atoms with Gasteiger partial charge in [0.1, 0.15) is 11.7 Å². The average Bonchev–Trinajstić information content (AvgIpc) is 2.46. The van der Waals surface area contributed by atoms with E-state index in [0.29, 0.717) is 6.54 Å². The zero-order valence-corrected chi connectivity index (χ0v) is 13.0. The Balaban J connectivity index is 2.36. The topological polar surface area (TPSA) is 74.7 Å².